The first-order valence-corrected chi connectivity index (χ1v) is 9.21. The van der Waals surface area contributed by atoms with Crippen molar-refractivity contribution < 1.29 is 13.6 Å². The molecule has 2 aromatic carbocycles. The molecule has 3 aromatic rings. The van der Waals surface area contributed by atoms with E-state index in [-0.39, 0.29) is 17.3 Å². The minimum absolute atomic E-state index is 0.0339. The van der Waals surface area contributed by atoms with Crippen molar-refractivity contribution >= 4 is 17.0 Å². The number of fused-ring (bicyclic) bond motifs is 1. The zero-order valence-corrected chi connectivity index (χ0v) is 15.1. The molecule has 1 aliphatic carbocycles. The van der Waals surface area contributed by atoms with Gasteiger partial charge in [0.05, 0.1) is 0 Å². The van der Waals surface area contributed by atoms with Crippen LogP contribution < -0.4 is 0 Å². The van der Waals surface area contributed by atoms with Crippen molar-refractivity contribution in [1.29, 1.82) is 0 Å². The number of benzene rings is 2. The molecular weight excluding hydrogens is 345 g/mol. The smallest absolute Gasteiger partial charge is 0.254 e. The van der Waals surface area contributed by atoms with Gasteiger partial charge in [-0.05, 0) is 56.3 Å². The van der Waals surface area contributed by atoms with Crippen LogP contribution in [0, 0.1) is 5.82 Å². The monoisotopic (exact) mass is 365 g/mol. The molecule has 138 valence electrons. The molecule has 2 aliphatic rings. The Morgan fingerprint density at radius 2 is 2.04 bits per heavy atom. The third-order valence-corrected chi connectivity index (χ3v) is 5.82. The summed E-state index contributed by atoms with van der Waals surface area (Å²) in [5.74, 6) is 0.0481. The molecule has 1 aliphatic heterocycles. The molecule has 0 N–H and O–H groups in total. The second-order valence-corrected chi connectivity index (χ2v) is 7.58. The molecule has 0 radical (unpaired) electrons. The van der Waals surface area contributed by atoms with Crippen LogP contribution >= 0.6 is 0 Å². The van der Waals surface area contributed by atoms with Crippen LogP contribution in [0.2, 0.25) is 0 Å². The van der Waals surface area contributed by atoms with Gasteiger partial charge in [-0.2, -0.15) is 0 Å². The second-order valence-electron chi connectivity index (χ2n) is 7.58. The maximum Gasteiger partial charge on any atom is 0.254 e. The summed E-state index contributed by atoms with van der Waals surface area (Å²) in [6, 6.07) is 11.4. The van der Waals surface area contributed by atoms with E-state index in [9.17, 15) is 9.18 Å². The Labute approximate surface area is 156 Å². The number of piperazine rings is 1. The zero-order valence-electron chi connectivity index (χ0n) is 15.1. The molecule has 0 unspecified atom stereocenters. The highest BCUT2D eigenvalue weighted by Crippen LogP contribution is 2.43. The van der Waals surface area contributed by atoms with Crippen LogP contribution in [-0.2, 0) is 0 Å². The topological polar surface area (TPSA) is 49.6 Å². The van der Waals surface area contributed by atoms with Crippen LogP contribution in [-0.4, -0.2) is 52.9 Å². The van der Waals surface area contributed by atoms with Crippen molar-refractivity contribution in [2.75, 3.05) is 26.7 Å². The van der Waals surface area contributed by atoms with Crippen molar-refractivity contribution in [3.05, 3.63) is 53.8 Å². The van der Waals surface area contributed by atoms with Gasteiger partial charge in [0, 0.05) is 36.3 Å². The molecule has 0 bridgehead atoms. The van der Waals surface area contributed by atoms with E-state index in [1.165, 1.54) is 12.1 Å². The number of oxazole rings is 1. The maximum absolute atomic E-state index is 13.5. The molecule has 27 heavy (non-hydrogen) atoms. The Kier molecular flexibility index (Phi) is 3.59. The van der Waals surface area contributed by atoms with Crippen LogP contribution in [0.5, 0.6) is 0 Å². The summed E-state index contributed by atoms with van der Waals surface area (Å²) in [6.07, 6.45) is 2.32. The summed E-state index contributed by atoms with van der Waals surface area (Å²) in [5, 5.41) is 0. The van der Waals surface area contributed by atoms with Crippen molar-refractivity contribution in [2.24, 2.45) is 0 Å². The molecule has 5 nitrogen and oxygen atoms in total. The van der Waals surface area contributed by atoms with E-state index in [0.717, 1.165) is 32.5 Å². The van der Waals surface area contributed by atoms with E-state index in [1.807, 2.05) is 4.90 Å². The standard InChI is InChI=1S/C21H20FN3O2/c1-24-9-10-25(13-21(24)7-8-21)20(26)15-5-6-18-17(12-15)23-19(27-18)14-3-2-4-16(22)11-14/h2-6,11-12H,7-10,13H2,1H3. The molecular formula is C21H20FN3O2. The number of carbonyl (C=O) groups is 1. The lowest BCUT2D eigenvalue weighted by atomic mass is 10.1. The molecule has 5 rings (SSSR count). The average Bonchev–Trinajstić information content (AvgIpc) is 3.31. The zero-order chi connectivity index (χ0) is 18.6. The summed E-state index contributed by atoms with van der Waals surface area (Å²) in [4.78, 5) is 21.8. The highest BCUT2D eigenvalue weighted by Gasteiger charge is 2.50. The lowest BCUT2D eigenvalue weighted by Gasteiger charge is -2.40. The van der Waals surface area contributed by atoms with E-state index >= 15 is 0 Å². The number of hydrogen-bond donors (Lipinski definition) is 0. The van der Waals surface area contributed by atoms with E-state index in [4.69, 9.17) is 4.42 Å². The van der Waals surface area contributed by atoms with Crippen molar-refractivity contribution in [2.45, 2.75) is 18.4 Å². The summed E-state index contributed by atoms with van der Waals surface area (Å²) >= 11 is 0. The maximum atomic E-state index is 13.5. The molecule has 2 fully saturated rings. The number of aromatic nitrogens is 1. The first-order valence-electron chi connectivity index (χ1n) is 9.21. The van der Waals surface area contributed by atoms with Crippen LogP contribution in [0.3, 0.4) is 0 Å². The van der Waals surface area contributed by atoms with Gasteiger partial charge in [0.25, 0.3) is 5.91 Å². The van der Waals surface area contributed by atoms with E-state index in [0.29, 0.717) is 28.1 Å². The van der Waals surface area contributed by atoms with Crippen molar-refractivity contribution in [1.82, 2.24) is 14.8 Å². The van der Waals surface area contributed by atoms with Crippen LogP contribution in [0.1, 0.15) is 23.2 Å². The molecule has 1 saturated carbocycles. The van der Waals surface area contributed by atoms with Gasteiger partial charge in [0.1, 0.15) is 11.3 Å². The third kappa shape index (κ3) is 2.80. The Hall–Kier alpha value is -2.73. The van der Waals surface area contributed by atoms with Gasteiger partial charge in [-0.3, -0.25) is 9.69 Å². The van der Waals surface area contributed by atoms with E-state index < -0.39 is 0 Å². The number of carbonyl (C=O) groups excluding carboxylic acids is 1. The van der Waals surface area contributed by atoms with Gasteiger partial charge in [0.15, 0.2) is 5.58 Å². The predicted molar refractivity (Wildman–Crippen MR) is 99.9 cm³/mol. The fourth-order valence-electron chi connectivity index (χ4n) is 3.91. The van der Waals surface area contributed by atoms with Crippen LogP contribution in [0.25, 0.3) is 22.6 Å². The number of hydrogen-bond acceptors (Lipinski definition) is 4. The molecule has 6 heteroatoms. The van der Waals surface area contributed by atoms with Gasteiger partial charge < -0.3 is 9.32 Å². The normalized spacial score (nSPS) is 19.0. The fourth-order valence-corrected chi connectivity index (χ4v) is 3.91. The minimum Gasteiger partial charge on any atom is -0.436 e. The highest BCUT2D eigenvalue weighted by molar-refractivity contribution is 5.97. The summed E-state index contributed by atoms with van der Waals surface area (Å²) in [7, 11) is 2.14. The van der Waals surface area contributed by atoms with Crippen molar-refractivity contribution in [3.8, 4) is 11.5 Å². The molecule has 2 heterocycles. The molecule has 1 spiro atoms. The lowest BCUT2D eigenvalue weighted by Crippen LogP contribution is -2.54. The number of halogens is 1. The number of likely N-dealkylation sites (N-methyl/N-ethyl adjacent to an activating group) is 1. The van der Waals surface area contributed by atoms with Crippen LogP contribution in [0.4, 0.5) is 4.39 Å². The van der Waals surface area contributed by atoms with Gasteiger partial charge in [-0.15, -0.1) is 0 Å². The largest absolute Gasteiger partial charge is 0.436 e. The Morgan fingerprint density at radius 1 is 1.19 bits per heavy atom. The quantitative estimate of drug-likeness (QED) is 0.697. The lowest BCUT2D eigenvalue weighted by molar-refractivity contribution is 0.0497. The third-order valence-electron chi connectivity index (χ3n) is 5.82. The summed E-state index contributed by atoms with van der Waals surface area (Å²) < 4.78 is 19.2. The summed E-state index contributed by atoms with van der Waals surface area (Å²) in [6.45, 7) is 2.43. The van der Waals surface area contributed by atoms with Gasteiger partial charge in [-0.25, -0.2) is 9.37 Å². The predicted octanol–water partition coefficient (Wildman–Crippen LogP) is 3.55. The fraction of sp³-hybridized carbons (Fsp3) is 0.333. The minimum atomic E-state index is -0.338. The first kappa shape index (κ1) is 16.4. The van der Waals surface area contributed by atoms with E-state index in [1.54, 1.807) is 30.3 Å². The number of nitrogens with zero attached hydrogens (tertiary/aromatic N) is 3. The Balaban J connectivity index is 1.43. The second kappa shape index (κ2) is 5.89. The molecule has 1 amide bonds. The SMILES string of the molecule is CN1CCN(C(=O)c2ccc3oc(-c4cccc(F)c4)nc3c2)CC12CC2. The average molecular weight is 365 g/mol. The summed E-state index contributed by atoms with van der Waals surface area (Å²) in [5.41, 5.74) is 2.57. The van der Waals surface area contributed by atoms with Gasteiger partial charge in [0.2, 0.25) is 5.89 Å². The van der Waals surface area contributed by atoms with E-state index in [2.05, 4.69) is 16.9 Å². The number of rotatable bonds is 2. The van der Waals surface area contributed by atoms with Crippen LogP contribution in [0.15, 0.2) is 46.9 Å². The number of amides is 1. The Morgan fingerprint density at radius 3 is 2.81 bits per heavy atom. The Bertz CT molecular complexity index is 1040. The van der Waals surface area contributed by atoms with Crippen molar-refractivity contribution in [3.63, 3.8) is 0 Å². The van der Waals surface area contributed by atoms with Gasteiger partial charge in [-0.1, -0.05) is 6.07 Å². The molecule has 1 aromatic heterocycles. The highest BCUT2D eigenvalue weighted by atomic mass is 19.1. The van der Waals surface area contributed by atoms with Gasteiger partial charge >= 0.3 is 0 Å². The molecule has 1 saturated heterocycles. The first-order chi connectivity index (χ1) is 13.0. The molecule has 0 atom stereocenters.